The number of guanidine groups is 1. The minimum absolute atomic E-state index is 0. The van der Waals surface area contributed by atoms with Crippen LogP contribution in [0.15, 0.2) is 4.99 Å². The third-order valence-corrected chi connectivity index (χ3v) is 5.79. The summed E-state index contributed by atoms with van der Waals surface area (Å²) < 4.78 is 0. The fourth-order valence-electron chi connectivity index (χ4n) is 3.52. The highest BCUT2D eigenvalue weighted by molar-refractivity contribution is 14.0. The highest BCUT2D eigenvalue weighted by atomic mass is 127. The Morgan fingerprint density at radius 1 is 1.00 bits per heavy atom. The van der Waals surface area contributed by atoms with E-state index in [9.17, 15) is 4.79 Å². The van der Waals surface area contributed by atoms with Crippen molar-refractivity contribution in [3.63, 3.8) is 0 Å². The fourth-order valence-corrected chi connectivity index (χ4v) is 4.01. The molecule has 1 N–H and O–H groups in total. The second-order valence-corrected chi connectivity index (χ2v) is 8.13. The van der Waals surface area contributed by atoms with Crippen molar-refractivity contribution < 1.29 is 4.79 Å². The maximum Gasteiger partial charge on any atom is 0.236 e. The average molecular weight is 512 g/mol. The van der Waals surface area contributed by atoms with Crippen molar-refractivity contribution in [3.8, 4) is 0 Å². The molecule has 0 unspecified atom stereocenters. The molecule has 6 nitrogen and oxygen atoms in total. The number of hydrogen-bond donors (Lipinski definition) is 1. The predicted octanol–water partition coefficient (Wildman–Crippen LogP) is 2.34. The summed E-state index contributed by atoms with van der Waals surface area (Å²) in [6.45, 7) is 10.2. The molecule has 0 aromatic carbocycles. The number of thioether (sulfide) groups is 1. The van der Waals surface area contributed by atoms with Gasteiger partial charge in [0, 0.05) is 52.4 Å². The number of aliphatic imine (C=N–C) groups is 1. The number of carbonyl (C=O) groups is 1. The number of unbranched alkanes of at least 4 members (excludes halogenated alkanes) is 1. The van der Waals surface area contributed by atoms with Gasteiger partial charge in [0.25, 0.3) is 0 Å². The summed E-state index contributed by atoms with van der Waals surface area (Å²) >= 11 is 1.90. The largest absolute Gasteiger partial charge is 0.357 e. The molecule has 0 saturated carbocycles. The molecule has 2 fully saturated rings. The molecule has 2 aliphatic rings. The standard InChI is InChI=1S/C19H37N5OS.HI/c1-3-20-19(21-9-5-8-16-26-2)24-14-12-22(13-15-24)17-18(25)23-10-6-4-7-11-23;/h3-17H2,1-2H3,(H,20,21);1H. The minimum atomic E-state index is 0. The van der Waals surface area contributed by atoms with Crippen LogP contribution in [-0.4, -0.2) is 97.5 Å². The van der Waals surface area contributed by atoms with Gasteiger partial charge in [-0.15, -0.1) is 24.0 Å². The van der Waals surface area contributed by atoms with Crippen molar-refractivity contribution in [2.24, 2.45) is 4.99 Å². The smallest absolute Gasteiger partial charge is 0.236 e. The Bertz CT molecular complexity index is 438. The molecule has 0 spiro atoms. The number of amides is 1. The van der Waals surface area contributed by atoms with Gasteiger partial charge in [0.05, 0.1) is 6.54 Å². The zero-order chi connectivity index (χ0) is 18.6. The van der Waals surface area contributed by atoms with Gasteiger partial charge >= 0.3 is 0 Å². The van der Waals surface area contributed by atoms with E-state index in [1.807, 2.05) is 11.8 Å². The molecule has 2 rings (SSSR count). The van der Waals surface area contributed by atoms with Crippen molar-refractivity contribution in [1.29, 1.82) is 0 Å². The first kappa shape index (κ1) is 24.8. The van der Waals surface area contributed by atoms with Crippen LogP contribution in [0.1, 0.15) is 39.0 Å². The average Bonchev–Trinajstić information content (AvgIpc) is 2.68. The number of likely N-dealkylation sites (tertiary alicyclic amines) is 1. The molecule has 0 aliphatic carbocycles. The van der Waals surface area contributed by atoms with E-state index in [-0.39, 0.29) is 24.0 Å². The molecule has 2 saturated heterocycles. The Morgan fingerprint density at radius 2 is 1.70 bits per heavy atom. The van der Waals surface area contributed by atoms with E-state index < -0.39 is 0 Å². The Kier molecular flexibility index (Phi) is 13.5. The quantitative estimate of drug-likeness (QED) is 0.235. The first-order valence-electron chi connectivity index (χ1n) is 10.3. The summed E-state index contributed by atoms with van der Waals surface area (Å²) in [5.74, 6) is 2.57. The number of halogens is 1. The minimum Gasteiger partial charge on any atom is -0.357 e. The van der Waals surface area contributed by atoms with Crippen LogP contribution >= 0.6 is 35.7 Å². The molecular formula is C19H38IN5OS. The normalized spacial score (nSPS) is 19.0. The molecule has 0 atom stereocenters. The molecule has 2 aliphatic heterocycles. The summed E-state index contributed by atoms with van der Waals surface area (Å²) in [5, 5.41) is 3.43. The van der Waals surface area contributed by atoms with Crippen LogP contribution in [0.4, 0.5) is 0 Å². The van der Waals surface area contributed by atoms with Crippen molar-refractivity contribution in [1.82, 2.24) is 20.0 Å². The lowest BCUT2D eigenvalue weighted by atomic mass is 10.1. The van der Waals surface area contributed by atoms with E-state index in [1.165, 1.54) is 31.4 Å². The van der Waals surface area contributed by atoms with Crippen LogP contribution in [0, 0.1) is 0 Å². The molecular weight excluding hydrogens is 473 g/mol. The van der Waals surface area contributed by atoms with Gasteiger partial charge < -0.3 is 15.1 Å². The van der Waals surface area contributed by atoms with E-state index in [2.05, 4.69) is 33.2 Å². The monoisotopic (exact) mass is 511 g/mol. The zero-order valence-electron chi connectivity index (χ0n) is 17.1. The number of nitrogens with zero attached hydrogens (tertiary/aromatic N) is 4. The summed E-state index contributed by atoms with van der Waals surface area (Å²) in [4.78, 5) is 23.9. The van der Waals surface area contributed by atoms with Crippen LogP contribution in [0.2, 0.25) is 0 Å². The Morgan fingerprint density at radius 3 is 2.33 bits per heavy atom. The van der Waals surface area contributed by atoms with Crippen LogP contribution in [0.3, 0.4) is 0 Å². The molecule has 8 heteroatoms. The number of piperazine rings is 1. The van der Waals surface area contributed by atoms with Gasteiger partial charge in [0.1, 0.15) is 0 Å². The highest BCUT2D eigenvalue weighted by Crippen LogP contribution is 2.10. The van der Waals surface area contributed by atoms with Crippen molar-refractivity contribution in [2.45, 2.75) is 39.0 Å². The number of piperidine rings is 1. The molecule has 2 heterocycles. The zero-order valence-corrected chi connectivity index (χ0v) is 20.3. The first-order valence-corrected chi connectivity index (χ1v) is 11.7. The molecule has 0 aromatic rings. The summed E-state index contributed by atoms with van der Waals surface area (Å²) in [7, 11) is 0. The van der Waals surface area contributed by atoms with Gasteiger partial charge in [-0.3, -0.25) is 14.7 Å². The lowest BCUT2D eigenvalue weighted by molar-refractivity contribution is -0.133. The van der Waals surface area contributed by atoms with Gasteiger partial charge in [-0.05, 0) is 51.0 Å². The van der Waals surface area contributed by atoms with Crippen LogP contribution in [0.25, 0.3) is 0 Å². The molecule has 0 bridgehead atoms. The van der Waals surface area contributed by atoms with E-state index in [1.54, 1.807) is 0 Å². The summed E-state index contributed by atoms with van der Waals surface area (Å²) in [5.41, 5.74) is 0. The van der Waals surface area contributed by atoms with Gasteiger partial charge in [-0.1, -0.05) is 0 Å². The maximum absolute atomic E-state index is 12.4. The second-order valence-electron chi connectivity index (χ2n) is 7.14. The fraction of sp³-hybridized carbons (Fsp3) is 0.895. The Balaban J connectivity index is 0.00000364. The molecule has 27 heavy (non-hydrogen) atoms. The lowest BCUT2D eigenvalue weighted by Crippen LogP contribution is -2.54. The summed E-state index contributed by atoms with van der Waals surface area (Å²) in [6, 6.07) is 0. The Hall–Kier alpha value is -0.220. The maximum atomic E-state index is 12.4. The van der Waals surface area contributed by atoms with Crippen LogP contribution in [-0.2, 0) is 4.79 Å². The highest BCUT2D eigenvalue weighted by Gasteiger charge is 2.23. The Labute approximate surface area is 186 Å². The van der Waals surface area contributed by atoms with Crippen molar-refractivity contribution >= 4 is 47.6 Å². The third-order valence-electron chi connectivity index (χ3n) is 5.09. The van der Waals surface area contributed by atoms with Crippen molar-refractivity contribution in [2.75, 3.05) is 70.9 Å². The van der Waals surface area contributed by atoms with Crippen molar-refractivity contribution in [3.05, 3.63) is 0 Å². The van der Waals surface area contributed by atoms with Gasteiger partial charge in [-0.25, -0.2) is 0 Å². The van der Waals surface area contributed by atoms with E-state index in [0.29, 0.717) is 12.5 Å². The van der Waals surface area contributed by atoms with Crippen LogP contribution < -0.4 is 5.32 Å². The summed E-state index contributed by atoms with van der Waals surface area (Å²) in [6.07, 6.45) is 8.14. The molecule has 0 aromatic heterocycles. The van der Waals surface area contributed by atoms with Gasteiger partial charge in [0.15, 0.2) is 5.96 Å². The number of nitrogens with one attached hydrogen (secondary N) is 1. The lowest BCUT2D eigenvalue weighted by Gasteiger charge is -2.37. The van der Waals surface area contributed by atoms with E-state index in [4.69, 9.17) is 4.99 Å². The third kappa shape index (κ3) is 9.21. The SMILES string of the molecule is CCNC(=NCCCCSC)N1CCN(CC(=O)N2CCCCC2)CC1.I. The molecule has 0 radical (unpaired) electrons. The number of carbonyl (C=O) groups excluding carboxylic acids is 1. The predicted molar refractivity (Wildman–Crippen MR) is 127 cm³/mol. The molecule has 158 valence electrons. The van der Waals surface area contributed by atoms with E-state index >= 15 is 0 Å². The van der Waals surface area contributed by atoms with Gasteiger partial charge in [-0.2, -0.15) is 11.8 Å². The topological polar surface area (TPSA) is 51.2 Å². The van der Waals surface area contributed by atoms with E-state index in [0.717, 1.165) is 64.7 Å². The number of rotatable bonds is 8. The van der Waals surface area contributed by atoms with Gasteiger partial charge in [0.2, 0.25) is 5.91 Å². The molecule has 1 amide bonds. The second kappa shape index (κ2) is 14.7. The number of hydrogen-bond acceptors (Lipinski definition) is 4. The first-order chi connectivity index (χ1) is 12.7. The van der Waals surface area contributed by atoms with Crippen LogP contribution in [0.5, 0.6) is 0 Å².